The standard InChI is InChI=1S/C13H18BrNO3S/c1-10-3-2-6-15(8-10)19(17,18)13-5-4-11(9-16)7-12(13)14/h4-5,7,10,16H,2-3,6,8-9H2,1H3. The van der Waals surface area contributed by atoms with Crippen molar-refractivity contribution in [1.29, 1.82) is 0 Å². The summed E-state index contributed by atoms with van der Waals surface area (Å²) in [5.74, 6) is 0.402. The van der Waals surface area contributed by atoms with Crippen molar-refractivity contribution in [2.24, 2.45) is 5.92 Å². The number of aliphatic hydroxyl groups is 1. The maximum absolute atomic E-state index is 12.6. The number of halogens is 1. The van der Waals surface area contributed by atoms with Crippen molar-refractivity contribution in [1.82, 2.24) is 4.31 Å². The van der Waals surface area contributed by atoms with Crippen molar-refractivity contribution in [3.05, 3.63) is 28.2 Å². The lowest BCUT2D eigenvalue weighted by Gasteiger charge is -2.30. The zero-order chi connectivity index (χ0) is 14.0. The fourth-order valence-electron chi connectivity index (χ4n) is 2.36. The predicted octanol–water partition coefficient (Wildman–Crippen LogP) is 2.36. The van der Waals surface area contributed by atoms with Crippen LogP contribution in [0.3, 0.4) is 0 Å². The molecule has 6 heteroatoms. The Balaban J connectivity index is 2.33. The third kappa shape index (κ3) is 3.18. The minimum atomic E-state index is -3.45. The van der Waals surface area contributed by atoms with E-state index in [0.29, 0.717) is 29.0 Å². The lowest BCUT2D eigenvalue weighted by molar-refractivity contribution is 0.280. The fourth-order valence-corrected chi connectivity index (χ4v) is 5.04. The monoisotopic (exact) mass is 347 g/mol. The van der Waals surface area contributed by atoms with E-state index in [0.717, 1.165) is 12.8 Å². The summed E-state index contributed by atoms with van der Waals surface area (Å²) in [4.78, 5) is 0.277. The Kier molecular flexibility index (Phi) is 4.66. The number of piperidine rings is 1. The van der Waals surface area contributed by atoms with Gasteiger partial charge in [-0.2, -0.15) is 4.31 Å². The molecule has 0 saturated carbocycles. The second-order valence-electron chi connectivity index (χ2n) is 5.03. The summed E-state index contributed by atoms with van der Waals surface area (Å²) in [6, 6.07) is 4.86. The van der Waals surface area contributed by atoms with Crippen molar-refractivity contribution in [3.8, 4) is 0 Å². The molecule has 0 amide bonds. The molecule has 1 fully saturated rings. The van der Waals surface area contributed by atoms with E-state index >= 15 is 0 Å². The maximum Gasteiger partial charge on any atom is 0.244 e. The van der Waals surface area contributed by atoms with E-state index in [1.54, 1.807) is 22.5 Å². The van der Waals surface area contributed by atoms with Crippen LogP contribution in [-0.2, 0) is 16.6 Å². The molecule has 0 spiro atoms. The van der Waals surface area contributed by atoms with Gasteiger partial charge in [-0.15, -0.1) is 0 Å². The molecule has 1 saturated heterocycles. The van der Waals surface area contributed by atoms with Gasteiger partial charge in [0.1, 0.15) is 0 Å². The first-order chi connectivity index (χ1) is 8.95. The minimum Gasteiger partial charge on any atom is -0.392 e. The van der Waals surface area contributed by atoms with Gasteiger partial charge in [0.15, 0.2) is 0 Å². The van der Waals surface area contributed by atoms with Gasteiger partial charge in [0, 0.05) is 17.6 Å². The average molecular weight is 348 g/mol. The minimum absolute atomic E-state index is 0.0975. The summed E-state index contributed by atoms with van der Waals surface area (Å²) in [6.07, 6.45) is 1.99. The summed E-state index contributed by atoms with van der Waals surface area (Å²) >= 11 is 3.29. The third-order valence-electron chi connectivity index (χ3n) is 3.42. The van der Waals surface area contributed by atoms with Crippen LogP contribution in [0.1, 0.15) is 25.3 Å². The van der Waals surface area contributed by atoms with Crippen LogP contribution in [0.5, 0.6) is 0 Å². The van der Waals surface area contributed by atoms with Gasteiger partial charge >= 0.3 is 0 Å². The second kappa shape index (κ2) is 5.91. The Labute approximate surface area is 122 Å². The molecule has 0 aliphatic carbocycles. The van der Waals surface area contributed by atoms with Crippen LogP contribution >= 0.6 is 15.9 Å². The molecule has 106 valence electrons. The third-order valence-corrected chi connectivity index (χ3v) is 6.26. The first kappa shape index (κ1) is 15.0. The summed E-state index contributed by atoms with van der Waals surface area (Å²) in [5, 5.41) is 9.06. The predicted molar refractivity (Wildman–Crippen MR) is 77.2 cm³/mol. The summed E-state index contributed by atoms with van der Waals surface area (Å²) in [6.45, 7) is 3.14. The van der Waals surface area contributed by atoms with Gasteiger partial charge < -0.3 is 5.11 Å². The molecule has 4 nitrogen and oxygen atoms in total. The Hall–Kier alpha value is -0.430. The van der Waals surface area contributed by atoms with Gasteiger partial charge in [0.25, 0.3) is 0 Å². The molecule has 0 bridgehead atoms. The Morgan fingerprint density at radius 2 is 2.21 bits per heavy atom. The zero-order valence-corrected chi connectivity index (χ0v) is 13.2. The van der Waals surface area contributed by atoms with E-state index in [4.69, 9.17) is 5.11 Å². The zero-order valence-electron chi connectivity index (χ0n) is 10.8. The molecule has 19 heavy (non-hydrogen) atoms. The molecule has 0 radical (unpaired) electrons. The van der Waals surface area contributed by atoms with Crippen molar-refractivity contribution < 1.29 is 13.5 Å². The van der Waals surface area contributed by atoms with Crippen molar-refractivity contribution in [2.45, 2.75) is 31.3 Å². The molecule has 2 rings (SSSR count). The molecule has 1 heterocycles. The normalized spacial score (nSPS) is 21.5. The molecule has 1 unspecified atom stereocenters. The number of hydrogen-bond acceptors (Lipinski definition) is 3. The van der Waals surface area contributed by atoms with E-state index in [-0.39, 0.29) is 11.5 Å². The first-order valence-electron chi connectivity index (χ1n) is 6.34. The lowest BCUT2D eigenvalue weighted by atomic mass is 10.0. The van der Waals surface area contributed by atoms with Gasteiger partial charge in [0.2, 0.25) is 10.0 Å². The molecule has 1 aliphatic rings. The largest absolute Gasteiger partial charge is 0.392 e. The highest BCUT2D eigenvalue weighted by atomic mass is 79.9. The van der Waals surface area contributed by atoms with Gasteiger partial charge in [-0.25, -0.2) is 8.42 Å². The van der Waals surface area contributed by atoms with E-state index in [1.807, 2.05) is 0 Å². The number of aliphatic hydroxyl groups excluding tert-OH is 1. The molecule has 1 aromatic carbocycles. The van der Waals surface area contributed by atoms with Gasteiger partial charge in [-0.1, -0.05) is 13.0 Å². The number of rotatable bonds is 3. The van der Waals surface area contributed by atoms with Crippen LogP contribution in [0, 0.1) is 5.92 Å². The number of sulfonamides is 1. The smallest absolute Gasteiger partial charge is 0.244 e. The van der Waals surface area contributed by atoms with E-state index < -0.39 is 10.0 Å². The highest BCUT2D eigenvalue weighted by Crippen LogP contribution is 2.29. The van der Waals surface area contributed by atoms with E-state index in [2.05, 4.69) is 22.9 Å². The maximum atomic E-state index is 12.6. The first-order valence-corrected chi connectivity index (χ1v) is 8.58. The Bertz CT molecular complexity index is 559. The summed E-state index contributed by atoms with van der Waals surface area (Å²) < 4.78 is 27.2. The SMILES string of the molecule is CC1CCCN(S(=O)(=O)c2ccc(CO)cc2Br)C1. The van der Waals surface area contributed by atoms with Crippen LogP contribution in [0.4, 0.5) is 0 Å². The molecule has 1 aromatic rings. The van der Waals surface area contributed by atoms with E-state index in [9.17, 15) is 8.42 Å². The van der Waals surface area contributed by atoms with Crippen molar-refractivity contribution in [2.75, 3.05) is 13.1 Å². The van der Waals surface area contributed by atoms with Crippen LogP contribution in [0.15, 0.2) is 27.6 Å². The van der Waals surface area contributed by atoms with Gasteiger partial charge in [-0.05, 0) is 52.4 Å². The summed E-state index contributed by atoms with van der Waals surface area (Å²) in [5.41, 5.74) is 0.692. The molecule has 1 N–H and O–H groups in total. The number of benzene rings is 1. The molecule has 0 aromatic heterocycles. The lowest BCUT2D eigenvalue weighted by Crippen LogP contribution is -2.39. The highest BCUT2D eigenvalue weighted by Gasteiger charge is 2.30. The Morgan fingerprint density at radius 1 is 1.47 bits per heavy atom. The van der Waals surface area contributed by atoms with Crippen molar-refractivity contribution in [3.63, 3.8) is 0 Å². The number of hydrogen-bond donors (Lipinski definition) is 1. The molecule has 1 atom stereocenters. The van der Waals surface area contributed by atoms with Gasteiger partial charge in [-0.3, -0.25) is 0 Å². The van der Waals surface area contributed by atoms with E-state index in [1.165, 1.54) is 0 Å². The van der Waals surface area contributed by atoms with Gasteiger partial charge in [0.05, 0.1) is 11.5 Å². The van der Waals surface area contributed by atoms with Crippen molar-refractivity contribution >= 4 is 26.0 Å². The Morgan fingerprint density at radius 3 is 2.79 bits per heavy atom. The quantitative estimate of drug-likeness (QED) is 0.912. The average Bonchev–Trinajstić information content (AvgIpc) is 2.38. The van der Waals surface area contributed by atoms with Crippen LogP contribution in [-0.4, -0.2) is 30.9 Å². The second-order valence-corrected chi connectivity index (χ2v) is 7.79. The van der Waals surface area contributed by atoms with Crippen LogP contribution in [0.2, 0.25) is 0 Å². The number of nitrogens with zero attached hydrogens (tertiary/aromatic N) is 1. The molecule has 1 aliphatic heterocycles. The fraction of sp³-hybridized carbons (Fsp3) is 0.538. The van der Waals surface area contributed by atoms with Crippen LogP contribution < -0.4 is 0 Å². The topological polar surface area (TPSA) is 57.6 Å². The van der Waals surface area contributed by atoms with Crippen LogP contribution in [0.25, 0.3) is 0 Å². The summed E-state index contributed by atoms with van der Waals surface area (Å²) in [7, 11) is -3.45. The molecular formula is C13H18BrNO3S. The molecular weight excluding hydrogens is 330 g/mol. The highest BCUT2D eigenvalue weighted by molar-refractivity contribution is 9.10.